The van der Waals surface area contributed by atoms with Crippen molar-refractivity contribution in [2.45, 2.75) is 53.4 Å². The lowest BCUT2D eigenvalue weighted by Crippen LogP contribution is -2.22. The van der Waals surface area contributed by atoms with Crippen molar-refractivity contribution in [3.8, 4) is 0 Å². The molecule has 1 aliphatic heterocycles. The lowest BCUT2D eigenvalue weighted by Gasteiger charge is -2.32. The Morgan fingerprint density at radius 2 is 1.79 bits per heavy atom. The second-order valence-electron chi connectivity index (χ2n) is 6.88. The Hall–Kier alpha value is -0.0500. The van der Waals surface area contributed by atoms with Crippen molar-refractivity contribution in [2.24, 2.45) is 11.3 Å². The summed E-state index contributed by atoms with van der Waals surface area (Å²) in [5, 5.41) is 4.51. The van der Waals surface area contributed by atoms with E-state index in [0.29, 0.717) is 17.3 Å². The molecule has 2 heterocycles. The van der Waals surface area contributed by atoms with Gasteiger partial charge in [0.1, 0.15) is 0 Å². The Morgan fingerprint density at radius 3 is 2.42 bits per heavy atom. The number of rotatable bonds is 2. The molecule has 0 bridgehead atoms. The Morgan fingerprint density at radius 1 is 1.16 bits per heavy atom. The molecule has 3 heteroatoms. The molecule has 0 radical (unpaired) electrons. The average Bonchev–Trinajstić information content (AvgIpc) is 2.53. The van der Waals surface area contributed by atoms with E-state index in [-0.39, 0.29) is 0 Å². The highest BCUT2D eigenvalue weighted by molar-refractivity contribution is 7.13. The Labute approximate surface area is 126 Å². The largest absolute Gasteiger partial charge is 0.316 e. The van der Waals surface area contributed by atoms with E-state index in [1.807, 2.05) is 11.3 Å². The van der Waals surface area contributed by atoms with Crippen LogP contribution in [0.15, 0.2) is 0 Å². The molecule has 0 saturated heterocycles. The van der Waals surface area contributed by atoms with Crippen LogP contribution >= 0.6 is 22.9 Å². The first kappa shape index (κ1) is 15.3. The molecule has 19 heavy (non-hydrogen) atoms. The van der Waals surface area contributed by atoms with Crippen molar-refractivity contribution in [2.75, 3.05) is 13.1 Å². The fourth-order valence-corrected chi connectivity index (χ4v) is 4.72. The minimum absolute atomic E-state index is 0.325. The quantitative estimate of drug-likeness (QED) is 0.821. The van der Waals surface area contributed by atoms with Crippen molar-refractivity contribution in [3.05, 3.63) is 20.3 Å². The zero-order valence-electron chi connectivity index (χ0n) is 12.8. The third kappa shape index (κ3) is 3.17. The summed E-state index contributed by atoms with van der Waals surface area (Å²) in [7, 11) is 0. The van der Waals surface area contributed by atoms with Crippen LogP contribution in [0.2, 0.25) is 5.02 Å². The van der Waals surface area contributed by atoms with Crippen LogP contribution < -0.4 is 5.32 Å². The highest BCUT2D eigenvalue weighted by atomic mass is 35.5. The first-order valence-electron chi connectivity index (χ1n) is 7.33. The number of halogens is 1. The van der Waals surface area contributed by atoms with Gasteiger partial charge in [-0.15, -0.1) is 11.3 Å². The van der Waals surface area contributed by atoms with E-state index in [2.05, 4.69) is 39.9 Å². The second kappa shape index (κ2) is 5.75. The Kier molecular flexibility index (Phi) is 4.64. The van der Waals surface area contributed by atoms with E-state index < -0.39 is 0 Å². The summed E-state index contributed by atoms with van der Waals surface area (Å²) in [5.74, 6) is 1.17. The van der Waals surface area contributed by atoms with Crippen LogP contribution in [-0.2, 0) is 12.8 Å². The molecule has 2 rings (SSSR count). The van der Waals surface area contributed by atoms with Gasteiger partial charge in [0.2, 0.25) is 0 Å². The van der Waals surface area contributed by atoms with Crippen LogP contribution in [0.1, 0.15) is 55.9 Å². The smallest absolute Gasteiger partial charge is 0.0583 e. The van der Waals surface area contributed by atoms with E-state index in [0.717, 1.165) is 31.0 Å². The molecule has 0 spiro atoms. The monoisotopic (exact) mass is 299 g/mol. The van der Waals surface area contributed by atoms with Crippen molar-refractivity contribution < 1.29 is 0 Å². The summed E-state index contributed by atoms with van der Waals surface area (Å²) < 4.78 is 0. The lowest BCUT2D eigenvalue weighted by atomic mass is 9.74. The molecule has 1 aromatic heterocycles. The van der Waals surface area contributed by atoms with Gasteiger partial charge >= 0.3 is 0 Å². The Balaban J connectivity index is 2.31. The first-order chi connectivity index (χ1) is 8.82. The van der Waals surface area contributed by atoms with Crippen molar-refractivity contribution in [1.82, 2.24) is 5.32 Å². The summed E-state index contributed by atoms with van der Waals surface area (Å²) in [6.07, 6.45) is 2.22. The summed E-state index contributed by atoms with van der Waals surface area (Å²) >= 11 is 8.64. The first-order valence-corrected chi connectivity index (χ1v) is 8.52. The van der Waals surface area contributed by atoms with Gasteiger partial charge in [-0.3, -0.25) is 0 Å². The van der Waals surface area contributed by atoms with Crippen molar-refractivity contribution in [3.63, 3.8) is 0 Å². The minimum atomic E-state index is 0.325. The highest BCUT2D eigenvalue weighted by Crippen LogP contribution is 2.45. The number of hydrogen-bond donors (Lipinski definition) is 1. The van der Waals surface area contributed by atoms with Gasteiger partial charge in [-0.05, 0) is 48.7 Å². The van der Waals surface area contributed by atoms with Crippen molar-refractivity contribution in [1.29, 1.82) is 0 Å². The Bertz CT molecular complexity index is 444. The predicted molar refractivity (Wildman–Crippen MR) is 86.6 cm³/mol. The second-order valence-corrected chi connectivity index (χ2v) is 8.39. The van der Waals surface area contributed by atoms with Gasteiger partial charge in [0.25, 0.3) is 0 Å². The van der Waals surface area contributed by atoms with Crippen LogP contribution in [0.5, 0.6) is 0 Å². The molecule has 1 nitrogen and oxygen atoms in total. The van der Waals surface area contributed by atoms with Crippen LogP contribution in [0.4, 0.5) is 0 Å². The maximum Gasteiger partial charge on any atom is 0.0583 e. The van der Waals surface area contributed by atoms with Gasteiger partial charge in [-0.25, -0.2) is 0 Å². The van der Waals surface area contributed by atoms with Gasteiger partial charge in [-0.1, -0.05) is 46.2 Å². The van der Waals surface area contributed by atoms with Crippen LogP contribution in [0.25, 0.3) is 0 Å². The fourth-order valence-electron chi connectivity index (χ4n) is 2.77. The third-order valence-electron chi connectivity index (χ3n) is 4.66. The molecule has 2 atom stereocenters. The summed E-state index contributed by atoms with van der Waals surface area (Å²) in [6, 6.07) is 0. The molecule has 1 aromatic rings. The molecule has 0 fully saturated rings. The zero-order valence-corrected chi connectivity index (χ0v) is 14.3. The van der Waals surface area contributed by atoms with Gasteiger partial charge in [0, 0.05) is 9.75 Å². The van der Waals surface area contributed by atoms with Gasteiger partial charge in [0.15, 0.2) is 0 Å². The molecule has 0 aliphatic carbocycles. The molecule has 2 unspecified atom stereocenters. The minimum Gasteiger partial charge on any atom is -0.316 e. The van der Waals surface area contributed by atoms with Crippen LogP contribution in [0.3, 0.4) is 0 Å². The number of fused-ring (bicyclic) bond motifs is 1. The van der Waals surface area contributed by atoms with Gasteiger partial charge in [0.05, 0.1) is 5.02 Å². The maximum absolute atomic E-state index is 6.69. The number of thiophene rings is 1. The third-order valence-corrected chi connectivity index (χ3v) is 6.70. The molecule has 0 saturated carbocycles. The number of hydrogen-bond acceptors (Lipinski definition) is 2. The predicted octanol–water partition coefficient (Wildman–Crippen LogP) is 4.88. The van der Waals surface area contributed by atoms with E-state index >= 15 is 0 Å². The molecular formula is C16H26ClNS. The van der Waals surface area contributed by atoms with E-state index in [9.17, 15) is 0 Å². The lowest BCUT2D eigenvalue weighted by molar-refractivity contribution is 0.230. The van der Waals surface area contributed by atoms with E-state index in [1.165, 1.54) is 15.3 Å². The molecule has 108 valence electrons. The zero-order chi connectivity index (χ0) is 14.2. The molecule has 0 aromatic carbocycles. The van der Waals surface area contributed by atoms with Gasteiger partial charge in [-0.2, -0.15) is 0 Å². The normalized spacial score (nSPS) is 19.7. The van der Waals surface area contributed by atoms with E-state index in [4.69, 9.17) is 11.6 Å². The maximum atomic E-state index is 6.69. The molecular weight excluding hydrogens is 274 g/mol. The number of nitrogens with one attached hydrogen (secondary N) is 1. The van der Waals surface area contributed by atoms with Crippen LogP contribution in [-0.4, -0.2) is 13.1 Å². The standard InChI is InChI=1S/C16H26ClNS/c1-10(11(2)16(3,4)5)15-14(17)12-6-8-18-9-7-13(12)19-15/h10-11,18H,6-9H2,1-5H3. The molecule has 1 N–H and O–H groups in total. The molecule has 1 aliphatic rings. The SMILES string of the molecule is CC(c1sc2c(c1Cl)CCNCC2)C(C)C(C)(C)C. The summed E-state index contributed by atoms with van der Waals surface area (Å²) in [5.41, 5.74) is 1.74. The average molecular weight is 300 g/mol. The van der Waals surface area contributed by atoms with Gasteiger partial charge < -0.3 is 5.32 Å². The summed E-state index contributed by atoms with van der Waals surface area (Å²) in [6.45, 7) is 13.8. The summed E-state index contributed by atoms with van der Waals surface area (Å²) in [4.78, 5) is 2.92. The fraction of sp³-hybridized carbons (Fsp3) is 0.750. The highest BCUT2D eigenvalue weighted by Gasteiger charge is 2.30. The van der Waals surface area contributed by atoms with Crippen molar-refractivity contribution >= 4 is 22.9 Å². The van der Waals surface area contributed by atoms with E-state index in [1.54, 1.807) is 0 Å². The van der Waals surface area contributed by atoms with Crippen LogP contribution in [0, 0.1) is 11.3 Å². The molecule has 0 amide bonds. The topological polar surface area (TPSA) is 12.0 Å².